The third-order valence-electron chi connectivity index (χ3n) is 5.11. The largest absolute Gasteiger partial charge is 0.369 e. The summed E-state index contributed by atoms with van der Waals surface area (Å²) in [5, 5.41) is 4.24. The third-order valence-corrected chi connectivity index (χ3v) is 6.35. The molecule has 1 aliphatic rings. The van der Waals surface area contributed by atoms with Crippen molar-refractivity contribution in [3.05, 3.63) is 47.8 Å². The van der Waals surface area contributed by atoms with Crippen molar-refractivity contribution in [1.29, 1.82) is 0 Å². The van der Waals surface area contributed by atoms with Gasteiger partial charge in [0.15, 0.2) is 5.13 Å². The number of thiazole rings is 1. The van der Waals surface area contributed by atoms with Crippen LogP contribution in [0.15, 0.2) is 36.5 Å². The Morgan fingerprint density at radius 3 is 2.69 bits per heavy atom. The molecule has 0 atom stereocenters. The van der Waals surface area contributed by atoms with E-state index < -0.39 is 0 Å². The zero-order valence-corrected chi connectivity index (χ0v) is 17.4. The molecule has 0 bridgehead atoms. The normalized spacial score (nSPS) is 14.8. The van der Waals surface area contributed by atoms with Crippen molar-refractivity contribution in [2.45, 2.75) is 26.7 Å². The minimum atomic E-state index is -0.197. The molecule has 1 amide bonds. The van der Waals surface area contributed by atoms with Gasteiger partial charge in [0.25, 0.3) is 0 Å². The van der Waals surface area contributed by atoms with E-state index in [2.05, 4.69) is 15.2 Å². The summed E-state index contributed by atoms with van der Waals surface area (Å²) in [7, 11) is 0. The fourth-order valence-electron chi connectivity index (χ4n) is 3.48. The topological polar surface area (TPSA) is 97.0 Å². The number of aryl methyl sites for hydroxylation is 2. The van der Waals surface area contributed by atoms with Crippen LogP contribution in [0.4, 0.5) is 16.8 Å². The Balaban J connectivity index is 1.53. The Hall–Kier alpha value is -3.00. The molecule has 8 heteroatoms. The summed E-state index contributed by atoms with van der Waals surface area (Å²) in [4.78, 5) is 28.5. The van der Waals surface area contributed by atoms with Crippen LogP contribution in [0, 0.1) is 19.8 Å². The van der Waals surface area contributed by atoms with Crippen molar-refractivity contribution >= 4 is 34.0 Å². The molecule has 7 nitrogen and oxygen atoms in total. The van der Waals surface area contributed by atoms with Gasteiger partial charge in [0.05, 0.1) is 16.3 Å². The number of nitrogens with two attached hydrogens (primary N) is 1. The van der Waals surface area contributed by atoms with E-state index in [4.69, 9.17) is 15.7 Å². The summed E-state index contributed by atoms with van der Waals surface area (Å²) in [6.45, 7) is 5.64. The van der Waals surface area contributed by atoms with Crippen LogP contribution in [0.5, 0.6) is 0 Å². The van der Waals surface area contributed by atoms with E-state index in [1.165, 1.54) is 0 Å². The van der Waals surface area contributed by atoms with Gasteiger partial charge in [0.1, 0.15) is 11.6 Å². The highest BCUT2D eigenvalue weighted by atomic mass is 32.1. The van der Waals surface area contributed by atoms with E-state index in [1.54, 1.807) is 17.5 Å². The molecule has 29 heavy (non-hydrogen) atoms. The fraction of sp³-hybridized carbons (Fsp3) is 0.333. The molecule has 3 aromatic heterocycles. The number of rotatable bonds is 5. The van der Waals surface area contributed by atoms with E-state index >= 15 is 0 Å². The van der Waals surface area contributed by atoms with Crippen LogP contribution in [0.25, 0.3) is 10.6 Å². The van der Waals surface area contributed by atoms with Crippen LogP contribution in [0.3, 0.4) is 0 Å². The predicted octanol–water partition coefficient (Wildman–Crippen LogP) is 3.66. The number of nitrogens with one attached hydrogen (secondary N) is 1. The number of aromatic nitrogens is 3. The fourth-order valence-corrected chi connectivity index (χ4v) is 4.57. The Kier molecular flexibility index (Phi) is 5.44. The second kappa shape index (κ2) is 8.16. The van der Waals surface area contributed by atoms with Crippen molar-refractivity contribution in [1.82, 2.24) is 15.0 Å². The zero-order valence-electron chi connectivity index (χ0n) is 16.6. The number of hydrogen-bond acceptors (Lipinski definition) is 7. The van der Waals surface area contributed by atoms with E-state index in [0.29, 0.717) is 0 Å². The van der Waals surface area contributed by atoms with Gasteiger partial charge in [-0.25, -0.2) is 15.0 Å². The summed E-state index contributed by atoms with van der Waals surface area (Å²) in [6, 6.07) is 9.86. The van der Waals surface area contributed by atoms with Crippen molar-refractivity contribution in [2.24, 2.45) is 11.7 Å². The highest BCUT2D eigenvalue weighted by Gasteiger charge is 2.25. The molecule has 1 aliphatic heterocycles. The lowest BCUT2D eigenvalue weighted by Crippen LogP contribution is -2.38. The molecule has 4 rings (SSSR count). The Labute approximate surface area is 174 Å². The average molecular weight is 409 g/mol. The van der Waals surface area contributed by atoms with Crippen molar-refractivity contribution in [3.8, 4) is 10.6 Å². The third kappa shape index (κ3) is 4.37. The number of hydrogen-bond donors (Lipinski definition) is 2. The number of anilines is 3. The molecule has 3 aromatic rings. The quantitative estimate of drug-likeness (QED) is 0.669. The summed E-state index contributed by atoms with van der Waals surface area (Å²) < 4.78 is 0. The first kappa shape index (κ1) is 19.3. The van der Waals surface area contributed by atoms with Gasteiger partial charge in [0.2, 0.25) is 5.91 Å². The van der Waals surface area contributed by atoms with Crippen molar-refractivity contribution in [3.63, 3.8) is 0 Å². The molecule has 0 spiro atoms. The van der Waals surface area contributed by atoms with E-state index in [0.717, 1.165) is 64.5 Å². The molecular formula is C21H24N6OS. The SMILES string of the molecule is Cc1ccnc(Nc2cccc(-c3sc(N4CCC(C(N)=O)CC4)nc3C)n2)c1. The number of pyridine rings is 2. The summed E-state index contributed by atoms with van der Waals surface area (Å²) in [5.74, 6) is 1.30. The van der Waals surface area contributed by atoms with Gasteiger partial charge < -0.3 is 16.0 Å². The minimum absolute atomic E-state index is 0.0218. The van der Waals surface area contributed by atoms with Crippen LogP contribution in [0.1, 0.15) is 24.1 Å². The maximum absolute atomic E-state index is 11.4. The summed E-state index contributed by atoms with van der Waals surface area (Å²) in [6.07, 6.45) is 3.34. The second-order valence-corrected chi connectivity index (χ2v) is 8.30. The van der Waals surface area contributed by atoms with Gasteiger partial charge in [-0.15, -0.1) is 0 Å². The number of piperidine rings is 1. The van der Waals surface area contributed by atoms with Crippen LogP contribution in [-0.2, 0) is 4.79 Å². The number of nitrogens with zero attached hydrogens (tertiary/aromatic N) is 4. The molecule has 1 fully saturated rings. The Morgan fingerprint density at radius 2 is 1.97 bits per heavy atom. The molecule has 150 valence electrons. The highest BCUT2D eigenvalue weighted by molar-refractivity contribution is 7.19. The maximum atomic E-state index is 11.4. The number of carbonyl (C=O) groups excluding carboxylic acids is 1. The van der Waals surface area contributed by atoms with Crippen molar-refractivity contribution in [2.75, 3.05) is 23.3 Å². The molecule has 0 saturated carbocycles. The van der Waals surface area contributed by atoms with Gasteiger partial charge >= 0.3 is 0 Å². The van der Waals surface area contributed by atoms with Crippen LogP contribution in [-0.4, -0.2) is 33.9 Å². The number of primary amides is 1. The molecule has 0 aromatic carbocycles. The zero-order chi connectivity index (χ0) is 20.4. The van der Waals surface area contributed by atoms with Crippen LogP contribution < -0.4 is 16.0 Å². The molecule has 3 N–H and O–H groups in total. The van der Waals surface area contributed by atoms with Gasteiger partial charge in [-0.05, 0) is 56.5 Å². The lowest BCUT2D eigenvalue weighted by Gasteiger charge is -2.30. The van der Waals surface area contributed by atoms with Gasteiger partial charge in [-0.2, -0.15) is 0 Å². The van der Waals surface area contributed by atoms with Gasteiger partial charge in [-0.1, -0.05) is 17.4 Å². The van der Waals surface area contributed by atoms with Crippen LogP contribution in [0.2, 0.25) is 0 Å². The standard InChI is InChI=1S/C21H24N6OS/c1-13-6-9-23-18(12-13)26-17-5-3-4-16(25-17)19-14(2)24-21(29-19)27-10-7-15(8-11-27)20(22)28/h3-6,9,12,15H,7-8,10-11H2,1-2H3,(H2,22,28)(H,23,25,26). The van der Waals surface area contributed by atoms with E-state index in [9.17, 15) is 4.79 Å². The van der Waals surface area contributed by atoms with E-state index in [-0.39, 0.29) is 11.8 Å². The van der Waals surface area contributed by atoms with Crippen LogP contribution >= 0.6 is 11.3 Å². The highest BCUT2D eigenvalue weighted by Crippen LogP contribution is 2.35. The first-order valence-corrected chi connectivity index (χ1v) is 10.5. The summed E-state index contributed by atoms with van der Waals surface area (Å²) in [5.41, 5.74) is 8.43. The molecule has 0 radical (unpaired) electrons. The summed E-state index contributed by atoms with van der Waals surface area (Å²) >= 11 is 1.64. The average Bonchev–Trinajstić information content (AvgIpc) is 3.10. The Bertz CT molecular complexity index is 1030. The molecule has 1 saturated heterocycles. The first-order valence-electron chi connectivity index (χ1n) is 9.68. The second-order valence-electron chi connectivity index (χ2n) is 7.33. The van der Waals surface area contributed by atoms with Crippen molar-refractivity contribution < 1.29 is 4.79 Å². The Morgan fingerprint density at radius 1 is 1.17 bits per heavy atom. The smallest absolute Gasteiger partial charge is 0.220 e. The van der Waals surface area contributed by atoms with E-state index in [1.807, 2.05) is 44.2 Å². The maximum Gasteiger partial charge on any atom is 0.220 e. The minimum Gasteiger partial charge on any atom is -0.369 e. The molecule has 0 unspecified atom stereocenters. The monoisotopic (exact) mass is 408 g/mol. The molecule has 0 aliphatic carbocycles. The lowest BCUT2D eigenvalue weighted by molar-refractivity contribution is -0.122. The predicted molar refractivity (Wildman–Crippen MR) is 116 cm³/mol. The number of carbonyl (C=O) groups is 1. The van der Waals surface area contributed by atoms with Gasteiger partial charge in [0, 0.05) is 25.2 Å². The van der Waals surface area contributed by atoms with Gasteiger partial charge in [-0.3, -0.25) is 4.79 Å². The lowest BCUT2D eigenvalue weighted by atomic mass is 9.97. The molecular weight excluding hydrogens is 384 g/mol. The number of amides is 1. The first-order chi connectivity index (χ1) is 14.0. The molecule has 4 heterocycles.